The fraction of sp³-hybridized carbons (Fsp3) is 0.659. The van der Waals surface area contributed by atoms with Crippen molar-refractivity contribution < 1.29 is 71.7 Å². The lowest BCUT2D eigenvalue weighted by Gasteiger charge is -2.28. The third-order valence-corrected chi connectivity index (χ3v) is 10.7. The van der Waals surface area contributed by atoms with Gasteiger partial charge in [-0.1, -0.05) is 62.2 Å². The highest BCUT2D eigenvalue weighted by Crippen LogP contribution is 2.45. The number of hydrogen-bond donors (Lipinski definition) is 1. The lowest BCUT2D eigenvalue weighted by atomic mass is 9.80. The fourth-order valence-corrected chi connectivity index (χ4v) is 7.26. The molecule has 2 fully saturated rings. The van der Waals surface area contributed by atoms with Crippen LogP contribution in [0.4, 0.5) is 0 Å². The Morgan fingerprint density at radius 3 is 1.88 bits per heavy atom. The van der Waals surface area contributed by atoms with Crippen LogP contribution in [-0.2, 0) is 73.0 Å². The quantitative estimate of drug-likeness (QED) is 0.0339. The SMILES string of the molecule is CCCCB1O[C@H]2C[C@@H](O1)[C@H](CC[C@H](CCc1ccccc1)OC(=O)CCC(=O)O[C@@H](C)C(=O)O[C@@H](C)C(=O)O[C@@H](C)C(=O)O[C@@H](C)C(=O)O)[C@H]2C/C=C\CCCC(C)=O. The highest BCUT2D eigenvalue weighted by molar-refractivity contribution is 6.44. The van der Waals surface area contributed by atoms with Gasteiger partial charge in [-0.3, -0.25) is 9.59 Å². The number of unbranched alkanes of at least 4 members (excludes halogenated alkanes) is 2. The molecule has 1 aromatic rings. The van der Waals surface area contributed by atoms with Crippen molar-refractivity contribution in [2.24, 2.45) is 11.8 Å². The van der Waals surface area contributed by atoms with E-state index in [2.05, 4.69) is 23.8 Å². The molecule has 0 unspecified atom stereocenters. The number of carbonyl (C=O) groups excluding carboxylic acids is 6. The number of ether oxygens (including phenoxy) is 5. The smallest absolute Gasteiger partial charge is 0.457 e. The molecule has 1 saturated carbocycles. The van der Waals surface area contributed by atoms with Gasteiger partial charge in [0.05, 0.1) is 12.8 Å². The van der Waals surface area contributed by atoms with E-state index >= 15 is 0 Å². The molecule has 2 bridgehead atoms. The topological polar surface area (TPSA) is 204 Å². The van der Waals surface area contributed by atoms with Gasteiger partial charge in [-0.2, -0.15) is 0 Å². The minimum Gasteiger partial charge on any atom is -0.479 e. The molecule has 16 heteroatoms. The zero-order valence-corrected chi connectivity index (χ0v) is 35.9. The second kappa shape index (κ2) is 25.9. The Balaban J connectivity index is 1.55. The molecule has 1 aromatic carbocycles. The van der Waals surface area contributed by atoms with Crippen LogP contribution in [0.5, 0.6) is 0 Å². The van der Waals surface area contributed by atoms with Gasteiger partial charge in [0.2, 0.25) is 0 Å². The van der Waals surface area contributed by atoms with Crippen molar-refractivity contribution in [3.8, 4) is 0 Å². The predicted molar refractivity (Wildman–Crippen MR) is 218 cm³/mol. The molecule has 15 nitrogen and oxygen atoms in total. The minimum absolute atomic E-state index is 0.0333. The number of allylic oxidation sites excluding steroid dienone is 2. The molecule has 0 aromatic heterocycles. The number of carbonyl (C=O) groups is 7. The maximum atomic E-state index is 13.2. The molecule has 0 amide bonds. The predicted octanol–water partition coefficient (Wildman–Crippen LogP) is 6.32. The van der Waals surface area contributed by atoms with E-state index in [0.717, 1.165) is 70.7 Å². The van der Waals surface area contributed by atoms with Crippen molar-refractivity contribution in [1.29, 1.82) is 0 Å². The van der Waals surface area contributed by atoms with Crippen LogP contribution >= 0.6 is 0 Å². The van der Waals surface area contributed by atoms with Crippen molar-refractivity contribution >= 4 is 48.7 Å². The number of fused-ring (bicyclic) bond motifs is 2. The second-order valence-electron chi connectivity index (χ2n) is 15.7. The highest BCUT2D eigenvalue weighted by Gasteiger charge is 2.50. The van der Waals surface area contributed by atoms with Gasteiger partial charge in [-0.15, -0.1) is 0 Å². The Morgan fingerprint density at radius 2 is 1.30 bits per heavy atom. The number of aliphatic carboxylic acids is 1. The van der Waals surface area contributed by atoms with Crippen molar-refractivity contribution in [1.82, 2.24) is 0 Å². The zero-order chi connectivity index (χ0) is 44.2. The fourth-order valence-electron chi connectivity index (χ4n) is 7.26. The Morgan fingerprint density at radius 1 is 0.733 bits per heavy atom. The van der Waals surface area contributed by atoms with Gasteiger partial charge in [0.15, 0.2) is 24.4 Å². The van der Waals surface area contributed by atoms with Crippen molar-refractivity contribution in [3.63, 3.8) is 0 Å². The molecule has 9 atom stereocenters. The van der Waals surface area contributed by atoms with Crippen LogP contribution in [-0.4, -0.2) is 96.6 Å². The largest absolute Gasteiger partial charge is 0.479 e. The highest BCUT2D eigenvalue weighted by atomic mass is 16.6. The number of hydrogen-bond acceptors (Lipinski definition) is 14. The van der Waals surface area contributed by atoms with Gasteiger partial charge in [-0.25, -0.2) is 19.2 Å². The first-order chi connectivity index (χ1) is 28.6. The molecule has 60 heavy (non-hydrogen) atoms. The Kier molecular flexibility index (Phi) is 21.5. The summed E-state index contributed by atoms with van der Waals surface area (Å²) in [5.41, 5.74) is 1.10. The minimum atomic E-state index is -1.51. The number of esters is 5. The summed E-state index contributed by atoms with van der Waals surface area (Å²) in [7, 11) is -0.236. The molecule has 1 N–H and O–H groups in total. The van der Waals surface area contributed by atoms with E-state index in [4.69, 9.17) is 33.4 Å². The second-order valence-corrected chi connectivity index (χ2v) is 15.7. The molecule has 3 rings (SSSR count). The van der Waals surface area contributed by atoms with Crippen molar-refractivity contribution in [2.45, 2.75) is 174 Å². The van der Waals surface area contributed by atoms with Gasteiger partial charge in [-0.05, 0) is 110 Å². The van der Waals surface area contributed by atoms with Gasteiger partial charge in [0.1, 0.15) is 11.9 Å². The summed E-state index contributed by atoms with van der Waals surface area (Å²) in [5, 5.41) is 8.89. The van der Waals surface area contributed by atoms with Gasteiger partial charge < -0.3 is 42.9 Å². The molecular weight excluding hydrogens is 779 g/mol. The van der Waals surface area contributed by atoms with Crippen molar-refractivity contribution in [3.05, 3.63) is 48.0 Å². The van der Waals surface area contributed by atoms with Gasteiger partial charge in [0.25, 0.3) is 0 Å². The molecule has 1 saturated heterocycles. The van der Waals surface area contributed by atoms with Gasteiger partial charge >= 0.3 is 42.9 Å². The van der Waals surface area contributed by atoms with Crippen LogP contribution in [0.1, 0.15) is 124 Å². The number of benzene rings is 1. The average Bonchev–Trinajstić information content (AvgIpc) is 3.45. The third kappa shape index (κ3) is 17.6. The van der Waals surface area contributed by atoms with E-state index in [9.17, 15) is 33.6 Å². The first-order valence-electron chi connectivity index (χ1n) is 21.3. The third-order valence-electron chi connectivity index (χ3n) is 10.7. The Labute approximate surface area is 353 Å². The normalized spacial score (nSPS) is 20.9. The number of ketones is 1. The molecule has 0 spiro atoms. The molecule has 0 radical (unpaired) electrons. The van der Waals surface area contributed by atoms with Crippen LogP contribution in [0, 0.1) is 11.8 Å². The number of carboxylic acids is 1. The standard InChI is InChI=1S/C44H63BO15/c1-7-8-26-45-59-37-27-38(60-45)36(35(37)19-15-10-9-12-16-28(2)46)23-22-34(21-20-33-17-13-11-14-18-33)58-40(48)25-24-39(47)54-30(4)42(51)56-32(6)44(53)57-31(5)43(52)55-29(3)41(49)50/h10-11,13-15,17-18,29-32,34-38H,7-9,12,16,19-27H2,1-6H3,(H,49,50)/b15-10-/t29-,30-,31-,32-,34-,35+,36+,37-,38+/m0/s1. The van der Waals surface area contributed by atoms with E-state index in [1.165, 1.54) is 13.8 Å². The summed E-state index contributed by atoms with van der Waals surface area (Å²) in [6.07, 6.45) is 6.81. The summed E-state index contributed by atoms with van der Waals surface area (Å²) in [6, 6.07) is 9.90. The first kappa shape index (κ1) is 49.8. The van der Waals surface area contributed by atoms with E-state index in [1.807, 2.05) is 30.3 Å². The molecular formula is C44H63BO15. The zero-order valence-electron chi connectivity index (χ0n) is 35.9. The average molecular weight is 843 g/mol. The van der Waals surface area contributed by atoms with Gasteiger partial charge in [0, 0.05) is 18.6 Å². The lowest BCUT2D eigenvalue weighted by Crippen LogP contribution is -2.37. The number of aryl methyl sites for hydroxylation is 1. The van der Waals surface area contributed by atoms with Crippen LogP contribution in [0.15, 0.2) is 42.5 Å². The van der Waals surface area contributed by atoms with Crippen LogP contribution in [0.25, 0.3) is 0 Å². The summed E-state index contributed by atoms with van der Waals surface area (Å²) in [5.74, 6) is -5.52. The van der Waals surface area contributed by atoms with Crippen LogP contribution in [0.3, 0.4) is 0 Å². The Bertz CT molecular complexity index is 1600. The van der Waals surface area contributed by atoms with E-state index in [-0.39, 0.29) is 49.8 Å². The maximum absolute atomic E-state index is 13.2. The molecule has 1 aliphatic heterocycles. The lowest BCUT2D eigenvalue weighted by molar-refractivity contribution is -0.184. The summed E-state index contributed by atoms with van der Waals surface area (Å²) >= 11 is 0. The van der Waals surface area contributed by atoms with Crippen LogP contribution < -0.4 is 0 Å². The summed E-state index contributed by atoms with van der Waals surface area (Å²) in [6.45, 7) is 8.46. The van der Waals surface area contributed by atoms with E-state index in [0.29, 0.717) is 25.7 Å². The molecule has 1 aliphatic carbocycles. The number of rotatable bonds is 27. The first-order valence-corrected chi connectivity index (χ1v) is 21.3. The molecule has 1 heterocycles. The molecule has 2 aliphatic rings. The van der Waals surface area contributed by atoms with E-state index in [1.54, 1.807) is 6.92 Å². The number of Topliss-reactive ketones (excluding diaryl/α,β-unsaturated/α-hetero) is 1. The maximum Gasteiger partial charge on any atom is 0.457 e. The molecule has 332 valence electrons. The monoisotopic (exact) mass is 842 g/mol. The van der Waals surface area contributed by atoms with Crippen LogP contribution in [0.2, 0.25) is 6.32 Å². The van der Waals surface area contributed by atoms with Crippen molar-refractivity contribution in [2.75, 3.05) is 0 Å². The number of carboxylic acid groups (broad SMARTS) is 1. The van der Waals surface area contributed by atoms with E-state index < -0.39 is 66.3 Å². The summed E-state index contributed by atoms with van der Waals surface area (Å²) in [4.78, 5) is 85.1. The Hall–Kier alpha value is -4.57. The summed E-state index contributed by atoms with van der Waals surface area (Å²) < 4.78 is 38.7.